The van der Waals surface area contributed by atoms with Crippen molar-refractivity contribution >= 4 is 23.2 Å². The van der Waals surface area contributed by atoms with Crippen LogP contribution in [0.4, 0.5) is 22.0 Å². The summed E-state index contributed by atoms with van der Waals surface area (Å²) in [7, 11) is 0. The van der Waals surface area contributed by atoms with Gasteiger partial charge in [0.05, 0.1) is 17.2 Å². The lowest BCUT2D eigenvalue weighted by atomic mass is 10.2. The summed E-state index contributed by atoms with van der Waals surface area (Å²) in [6.45, 7) is 3.39. The van der Waals surface area contributed by atoms with Gasteiger partial charge in [-0.05, 0) is 13.3 Å². The van der Waals surface area contributed by atoms with Gasteiger partial charge < -0.3 is 15.7 Å². The summed E-state index contributed by atoms with van der Waals surface area (Å²) in [5, 5.41) is 12.9. The number of alkyl halides is 5. The zero-order valence-electron chi connectivity index (χ0n) is 13.2. The summed E-state index contributed by atoms with van der Waals surface area (Å²) < 4.78 is 58.5. The zero-order chi connectivity index (χ0) is 19.4. The molecule has 12 heteroatoms. The van der Waals surface area contributed by atoms with Crippen LogP contribution in [0.1, 0.15) is 27.3 Å². The first-order chi connectivity index (χ1) is 11.4. The molecule has 142 valence electrons. The highest BCUT2D eigenvalue weighted by atomic mass is 32.1. The van der Waals surface area contributed by atoms with Crippen LogP contribution in [0.5, 0.6) is 0 Å². The van der Waals surface area contributed by atoms with E-state index in [1.807, 2.05) is 6.92 Å². The van der Waals surface area contributed by atoms with Crippen LogP contribution in [-0.2, 0) is 11.2 Å². The van der Waals surface area contributed by atoms with Gasteiger partial charge in [-0.25, -0.2) is 18.6 Å². The van der Waals surface area contributed by atoms with E-state index in [-0.39, 0.29) is 13.1 Å². The number of carbonyl (C=O) groups is 2. The van der Waals surface area contributed by atoms with Crippen LogP contribution in [0.15, 0.2) is 0 Å². The van der Waals surface area contributed by atoms with Crippen LogP contribution in [0.2, 0.25) is 0 Å². The third kappa shape index (κ3) is 5.88. The Morgan fingerprint density at radius 3 is 2.40 bits per heavy atom. The van der Waals surface area contributed by atoms with E-state index in [1.54, 1.807) is 6.92 Å². The molecule has 3 N–H and O–H groups in total. The molecule has 1 fully saturated rings. The van der Waals surface area contributed by atoms with Crippen LogP contribution in [0.25, 0.3) is 0 Å². The molecule has 1 aliphatic heterocycles. The first-order valence-electron chi connectivity index (χ1n) is 7.04. The van der Waals surface area contributed by atoms with E-state index in [0.717, 1.165) is 5.01 Å². The van der Waals surface area contributed by atoms with Gasteiger partial charge in [0, 0.05) is 6.54 Å². The average molecular weight is 389 g/mol. The number of halogens is 5. The van der Waals surface area contributed by atoms with Gasteiger partial charge in [-0.2, -0.15) is 13.2 Å². The van der Waals surface area contributed by atoms with Gasteiger partial charge in [0.15, 0.2) is 0 Å². The maximum absolute atomic E-state index is 13.4. The quantitative estimate of drug-likeness (QED) is 0.688. The Morgan fingerprint density at radius 1 is 1.44 bits per heavy atom. The molecule has 2 rings (SSSR count). The van der Waals surface area contributed by atoms with E-state index in [0.29, 0.717) is 17.0 Å². The monoisotopic (exact) mass is 389 g/mol. The van der Waals surface area contributed by atoms with Crippen molar-refractivity contribution in [3.05, 3.63) is 15.6 Å². The second kappa shape index (κ2) is 8.04. The number of rotatable bonds is 3. The number of thiazole rings is 1. The molecule has 1 unspecified atom stereocenters. The normalized spacial score (nSPS) is 19.1. The predicted molar refractivity (Wildman–Crippen MR) is 79.0 cm³/mol. The van der Waals surface area contributed by atoms with Gasteiger partial charge in [0.1, 0.15) is 10.9 Å². The van der Waals surface area contributed by atoms with Crippen LogP contribution < -0.4 is 10.6 Å². The molecule has 25 heavy (non-hydrogen) atoms. The van der Waals surface area contributed by atoms with E-state index in [2.05, 4.69) is 15.6 Å². The van der Waals surface area contributed by atoms with Crippen molar-refractivity contribution in [1.82, 2.24) is 15.6 Å². The van der Waals surface area contributed by atoms with Crippen molar-refractivity contribution in [3.63, 3.8) is 0 Å². The third-order valence-corrected chi connectivity index (χ3v) is 4.12. The Bertz CT molecular complexity index is 633. The maximum atomic E-state index is 13.4. The SMILES string of the molecule is CCc1nc(C)sc1C(=O)NC1CNCC1(F)F.O=C(O)C(F)(F)F. The number of carboxylic acids is 1. The molecule has 1 aromatic rings. The Labute approximate surface area is 143 Å². The minimum Gasteiger partial charge on any atom is -0.475 e. The topological polar surface area (TPSA) is 91.3 Å². The van der Waals surface area contributed by atoms with E-state index in [9.17, 15) is 26.7 Å². The molecule has 0 radical (unpaired) electrons. The molecule has 1 saturated heterocycles. The standard InChI is InChI=1S/C11H15F2N3OS.C2HF3O2/c1-3-7-9(18-6(2)15-7)10(17)16-8-4-14-5-11(8,12)13;3-2(4,5)1(6)7/h8,14H,3-5H2,1-2H3,(H,16,17);(H,6,7). The second-order valence-corrected chi connectivity index (χ2v) is 6.29. The first-order valence-corrected chi connectivity index (χ1v) is 7.86. The molecule has 1 aliphatic rings. The fraction of sp³-hybridized carbons (Fsp3) is 0.615. The Kier molecular flexibility index (Phi) is 6.82. The highest BCUT2D eigenvalue weighted by Crippen LogP contribution is 2.24. The molecule has 0 aromatic carbocycles. The number of aromatic nitrogens is 1. The highest BCUT2D eigenvalue weighted by molar-refractivity contribution is 7.13. The summed E-state index contributed by atoms with van der Waals surface area (Å²) in [5.74, 6) is -6.10. The van der Waals surface area contributed by atoms with Crippen molar-refractivity contribution in [2.75, 3.05) is 13.1 Å². The molecule has 0 spiro atoms. The molecular weight excluding hydrogens is 373 g/mol. The van der Waals surface area contributed by atoms with Crippen LogP contribution >= 0.6 is 11.3 Å². The lowest BCUT2D eigenvalue weighted by molar-refractivity contribution is -0.192. The van der Waals surface area contributed by atoms with Crippen molar-refractivity contribution in [1.29, 1.82) is 0 Å². The lowest BCUT2D eigenvalue weighted by Gasteiger charge is -2.18. The Hall–Kier alpha value is -1.82. The fourth-order valence-corrected chi connectivity index (χ4v) is 2.83. The Balaban J connectivity index is 0.000000381. The molecule has 1 atom stereocenters. The number of nitrogens with zero attached hydrogens (tertiary/aromatic N) is 1. The van der Waals surface area contributed by atoms with E-state index < -0.39 is 30.0 Å². The summed E-state index contributed by atoms with van der Waals surface area (Å²) >= 11 is 1.24. The predicted octanol–water partition coefficient (Wildman–Crippen LogP) is 1.98. The first kappa shape index (κ1) is 21.2. The van der Waals surface area contributed by atoms with Crippen molar-refractivity contribution in [2.45, 2.75) is 38.4 Å². The average Bonchev–Trinajstić information content (AvgIpc) is 3.01. The minimum absolute atomic E-state index is 0.0952. The van der Waals surface area contributed by atoms with E-state index in [1.165, 1.54) is 11.3 Å². The zero-order valence-corrected chi connectivity index (χ0v) is 14.0. The number of amides is 1. The van der Waals surface area contributed by atoms with E-state index >= 15 is 0 Å². The largest absolute Gasteiger partial charge is 0.490 e. The van der Waals surface area contributed by atoms with Gasteiger partial charge in [0.2, 0.25) is 0 Å². The number of carboxylic acid groups (broad SMARTS) is 1. The number of hydrogen-bond acceptors (Lipinski definition) is 5. The van der Waals surface area contributed by atoms with Crippen LogP contribution in [0.3, 0.4) is 0 Å². The summed E-state index contributed by atoms with van der Waals surface area (Å²) in [4.78, 5) is 25.5. The second-order valence-electron chi connectivity index (χ2n) is 5.08. The number of aryl methyl sites for hydroxylation is 2. The molecule has 0 bridgehead atoms. The summed E-state index contributed by atoms with van der Waals surface area (Å²) in [6.07, 6.45) is -4.47. The van der Waals surface area contributed by atoms with Crippen LogP contribution in [-0.4, -0.2) is 53.2 Å². The summed E-state index contributed by atoms with van der Waals surface area (Å²) in [6, 6.07) is -1.14. The molecule has 1 aromatic heterocycles. The highest BCUT2D eigenvalue weighted by Gasteiger charge is 2.45. The number of aliphatic carboxylic acids is 1. The Morgan fingerprint density at radius 2 is 2.00 bits per heavy atom. The van der Waals surface area contributed by atoms with Gasteiger partial charge in [-0.1, -0.05) is 6.92 Å². The number of carbonyl (C=O) groups excluding carboxylic acids is 1. The van der Waals surface area contributed by atoms with Crippen molar-refractivity contribution in [3.8, 4) is 0 Å². The molecule has 2 heterocycles. The van der Waals surface area contributed by atoms with Gasteiger partial charge in [-0.15, -0.1) is 11.3 Å². The number of hydrogen-bond donors (Lipinski definition) is 3. The smallest absolute Gasteiger partial charge is 0.475 e. The fourth-order valence-electron chi connectivity index (χ4n) is 1.92. The third-order valence-electron chi connectivity index (χ3n) is 3.11. The number of nitrogens with one attached hydrogen (secondary N) is 2. The van der Waals surface area contributed by atoms with E-state index in [4.69, 9.17) is 9.90 Å². The van der Waals surface area contributed by atoms with Gasteiger partial charge in [-0.3, -0.25) is 4.79 Å². The molecular formula is C13H16F5N3O3S. The molecule has 1 amide bonds. The summed E-state index contributed by atoms with van der Waals surface area (Å²) in [5.41, 5.74) is 0.671. The molecule has 0 aliphatic carbocycles. The van der Waals surface area contributed by atoms with Crippen LogP contribution in [0, 0.1) is 6.92 Å². The van der Waals surface area contributed by atoms with Crippen molar-refractivity contribution in [2.24, 2.45) is 0 Å². The maximum Gasteiger partial charge on any atom is 0.490 e. The minimum atomic E-state index is -5.08. The van der Waals surface area contributed by atoms with Gasteiger partial charge in [0.25, 0.3) is 11.8 Å². The molecule has 6 nitrogen and oxygen atoms in total. The molecule has 0 saturated carbocycles. The van der Waals surface area contributed by atoms with Gasteiger partial charge >= 0.3 is 12.1 Å². The lowest BCUT2D eigenvalue weighted by Crippen LogP contribution is -2.46. The van der Waals surface area contributed by atoms with Crippen molar-refractivity contribution < 1.29 is 36.6 Å².